The predicted octanol–water partition coefficient (Wildman–Crippen LogP) is 11.7. The molecular formula is C44H31N3. The van der Waals surface area contributed by atoms with E-state index in [1.165, 1.54) is 38.9 Å². The minimum Gasteiger partial charge on any atom is -0.238 e. The molecular weight excluding hydrogens is 571 g/mol. The lowest BCUT2D eigenvalue weighted by atomic mass is 9.82. The average molecular weight is 602 g/mol. The van der Waals surface area contributed by atoms with E-state index in [2.05, 4.69) is 140 Å². The maximum Gasteiger partial charge on any atom is 0.187 e. The van der Waals surface area contributed by atoms with E-state index in [-0.39, 0.29) is 5.41 Å². The second-order valence-corrected chi connectivity index (χ2v) is 12.5. The zero-order chi connectivity index (χ0) is 32.0. The van der Waals surface area contributed by atoms with Crippen LogP contribution in [0.25, 0.3) is 72.1 Å². The molecule has 0 radical (unpaired) electrons. The first-order valence-electron chi connectivity index (χ1n) is 15.9. The van der Waals surface area contributed by atoms with Gasteiger partial charge in [-0.15, -0.1) is 0 Å². The van der Waals surface area contributed by atoms with Crippen molar-refractivity contribution in [2.45, 2.75) is 19.3 Å². The fourth-order valence-corrected chi connectivity index (χ4v) is 6.86. The average Bonchev–Trinajstić information content (AvgIpc) is 3.37. The molecule has 8 rings (SSSR count). The fraction of sp³-hybridized carbons (Fsp3) is 0.0682. The first kappa shape index (κ1) is 28.4. The van der Waals surface area contributed by atoms with Crippen LogP contribution in [0.3, 0.4) is 0 Å². The van der Waals surface area contributed by atoms with Crippen LogP contribution in [0.5, 0.6) is 0 Å². The van der Waals surface area contributed by atoms with Gasteiger partial charge in [0, 0.05) is 22.1 Å². The van der Waals surface area contributed by atoms with Crippen LogP contribution >= 0.6 is 0 Å². The van der Waals surface area contributed by atoms with E-state index >= 15 is 0 Å². The molecule has 1 aliphatic carbocycles. The summed E-state index contributed by atoms with van der Waals surface area (Å²) in [5, 5.41) is 0. The highest BCUT2D eigenvalue weighted by atomic mass is 14.9. The molecule has 1 aromatic heterocycles. The van der Waals surface area contributed by atoms with Crippen LogP contribution < -0.4 is 0 Å². The van der Waals surface area contributed by atoms with Gasteiger partial charge < -0.3 is 0 Å². The van der Waals surface area contributed by atoms with Gasteiger partial charge in [0.15, 0.2) is 11.5 Å². The van der Waals surface area contributed by atoms with Crippen molar-refractivity contribution in [3.63, 3.8) is 0 Å². The lowest BCUT2D eigenvalue weighted by Crippen LogP contribution is -2.14. The molecule has 0 amide bonds. The Balaban J connectivity index is 1.25. The van der Waals surface area contributed by atoms with Gasteiger partial charge >= 0.3 is 0 Å². The largest absolute Gasteiger partial charge is 0.238 e. The van der Waals surface area contributed by atoms with Gasteiger partial charge in [-0.1, -0.05) is 153 Å². The SMILES string of the molecule is [C-]#[N+]c1ccc2c(c1)C(C)(C)c1cccc(-c3cccc(-c4nc(-c5ccccc5)cc(-c5ccc(-c6ccccc6)cc5)n4)c3)c1-2. The Morgan fingerprint density at radius 1 is 0.468 bits per heavy atom. The summed E-state index contributed by atoms with van der Waals surface area (Å²) in [6, 6.07) is 52.7. The van der Waals surface area contributed by atoms with E-state index in [4.69, 9.17) is 16.5 Å². The Labute approximate surface area is 275 Å². The molecule has 3 nitrogen and oxygen atoms in total. The normalized spacial score (nSPS) is 12.6. The van der Waals surface area contributed by atoms with Gasteiger partial charge in [0.25, 0.3) is 0 Å². The van der Waals surface area contributed by atoms with E-state index in [0.29, 0.717) is 11.5 Å². The van der Waals surface area contributed by atoms with E-state index in [1.807, 2.05) is 30.3 Å². The second-order valence-electron chi connectivity index (χ2n) is 12.5. The third-order valence-corrected chi connectivity index (χ3v) is 9.33. The second kappa shape index (κ2) is 11.4. The minimum atomic E-state index is -0.197. The Bertz CT molecular complexity index is 2310. The van der Waals surface area contributed by atoms with Crippen molar-refractivity contribution >= 4 is 5.69 Å². The van der Waals surface area contributed by atoms with Gasteiger partial charge in [0.2, 0.25) is 0 Å². The number of benzene rings is 6. The third kappa shape index (κ3) is 5.01. The lowest BCUT2D eigenvalue weighted by molar-refractivity contribution is 0.661. The van der Waals surface area contributed by atoms with Gasteiger partial charge in [0.05, 0.1) is 18.0 Å². The summed E-state index contributed by atoms with van der Waals surface area (Å²) < 4.78 is 0. The Morgan fingerprint density at radius 2 is 1.04 bits per heavy atom. The molecule has 0 N–H and O–H groups in total. The molecule has 0 spiro atoms. The van der Waals surface area contributed by atoms with E-state index in [1.54, 1.807) is 0 Å². The van der Waals surface area contributed by atoms with Gasteiger partial charge in [0.1, 0.15) is 0 Å². The van der Waals surface area contributed by atoms with Crippen molar-refractivity contribution in [1.29, 1.82) is 0 Å². The van der Waals surface area contributed by atoms with Crippen LogP contribution in [0.2, 0.25) is 0 Å². The summed E-state index contributed by atoms with van der Waals surface area (Å²) in [7, 11) is 0. The van der Waals surface area contributed by atoms with E-state index in [0.717, 1.165) is 33.6 Å². The van der Waals surface area contributed by atoms with Crippen molar-refractivity contribution in [1.82, 2.24) is 9.97 Å². The maximum atomic E-state index is 7.58. The standard InChI is InChI=1S/C44H31N3/c1-44(2)38-19-11-18-36(42(38)37-25-24-35(45-3)27-39(37)44)33-16-10-17-34(26-33)43-46-40(31-14-8-5-9-15-31)28-41(47-43)32-22-20-30(21-23-32)29-12-6-4-7-13-29/h4-28H,1-2H3. The van der Waals surface area contributed by atoms with Crippen LogP contribution in [0.1, 0.15) is 25.0 Å². The quantitative estimate of drug-likeness (QED) is 0.184. The highest BCUT2D eigenvalue weighted by Crippen LogP contribution is 2.53. The van der Waals surface area contributed by atoms with Crippen molar-refractivity contribution in [3.05, 3.63) is 174 Å². The van der Waals surface area contributed by atoms with Crippen LogP contribution in [-0.2, 0) is 5.41 Å². The summed E-state index contributed by atoms with van der Waals surface area (Å²) >= 11 is 0. The highest BCUT2D eigenvalue weighted by Gasteiger charge is 2.36. The molecule has 0 aliphatic heterocycles. The van der Waals surface area contributed by atoms with Crippen molar-refractivity contribution in [2.24, 2.45) is 0 Å². The van der Waals surface area contributed by atoms with Crippen molar-refractivity contribution in [3.8, 4) is 67.3 Å². The molecule has 0 saturated carbocycles. The maximum absolute atomic E-state index is 7.58. The van der Waals surface area contributed by atoms with Gasteiger partial charge in [-0.25, -0.2) is 14.8 Å². The Kier molecular flexibility index (Phi) is 6.85. The topological polar surface area (TPSA) is 30.1 Å². The van der Waals surface area contributed by atoms with Crippen LogP contribution in [0.4, 0.5) is 5.69 Å². The number of hydrogen-bond acceptors (Lipinski definition) is 2. The summed E-state index contributed by atoms with van der Waals surface area (Å²) in [6.07, 6.45) is 0. The van der Waals surface area contributed by atoms with E-state index < -0.39 is 0 Å². The molecule has 0 bridgehead atoms. The molecule has 1 heterocycles. The molecule has 3 heteroatoms. The zero-order valence-electron chi connectivity index (χ0n) is 26.3. The van der Waals surface area contributed by atoms with Crippen LogP contribution in [0.15, 0.2) is 152 Å². The number of rotatable bonds is 5. The monoisotopic (exact) mass is 601 g/mol. The first-order valence-corrected chi connectivity index (χ1v) is 15.9. The predicted molar refractivity (Wildman–Crippen MR) is 193 cm³/mol. The molecule has 0 saturated heterocycles. The minimum absolute atomic E-state index is 0.197. The molecule has 6 aromatic carbocycles. The molecule has 0 fully saturated rings. The van der Waals surface area contributed by atoms with Crippen molar-refractivity contribution < 1.29 is 0 Å². The number of hydrogen-bond donors (Lipinski definition) is 0. The third-order valence-electron chi connectivity index (χ3n) is 9.33. The lowest BCUT2D eigenvalue weighted by Gasteiger charge is -2.22. The molecule has 222 valence electrons. The Morgan fingerprint density at radius 3 is 1.74 bits per heavy atom. The highest BCUT2D eigenvalue weighted by molar-refractivity contribution is 5.94. The Hall–Kier alpha value is -6.11. The molecule has 0 unspecified atom stereocenters. The molecule has 0 atom stereocenters. The van der Waals surface area contributed by atoms with Gasteiger partial charge in [-0.2, -0.15) is 0 Å². The van der Waals surface area contributed by atoms with Gasteiger partial charge in [-0.05, 0) is 56.6 Å². The summed E-state index contributed by atoms with van der Waals surface area (Å²) in [4.78, 5) is 14.0. The fourth-order valence-electron chi connectivity index (χ4n) is 6.86. The van der Waals surface area contributed by atoms with E-state index in [9.17, 15) is 0 Å². The number of fused-ring (bicyclic) bond motifs is 3. The van der Waals surface area contributed by atoms with Crippen LogP contribution in [-0.4, -0.2) is 9.97 Å². The smallest absolute Gasteiger partial charge is 0.187 e. The van der Waals surface area contributed by atoms with Gasteiger partial charge in [-0.3, -0.25) is 0 Å². The molecule has 47 heavy (non-hydrogen) atoms. The first-order chi connectivity index (χ1) is 23.0. The van der Waals surface area contributed by atoms with Crippen LogP contribution in [0, 0.1) is 6.57 Å². The summed E-state index contributed by atoms with van der Waals surface area (Å²) in [5.41, 5.74) is 14.8. The molecule has 1 aliphatic rings. The summed E-state index contributed by atoms with van der Waals surface area (Å²) in [5.74, 6) is 0.686. The molecule has 7 aromatic rings. The number of nitrogens with zero attached hydrogens (tertiary/aromatic N) is 3. The summed E-state index contributed by atoms with van der Waals surface area (Å²) in [6.45, 7) is 12.1. The number of aromatic nitrogens is 2. The zero-order valence-corrected chi connectivity index (χ0v) is 26.3. The van der Waals surface area contributed by atoms with Crippen molar-refractivity contribution in [2.75, 3.05) is 0 Å².